The van der Waals surface area contributed by atoms with Gasteiger partial charge < -0.3 is 15.0 Å². The van der Waals surface area contributed by atoms with Gasteiger partial charge in [0.15, 0.2) is 0 Å². The third-order valence-corrected chi connectivity index (χ3v) is 6.37. The molecule has 5 rings (SSSR count). The van der Waals surface area contributed by atoms with Gasteiger partial charge in [0.1, 0.15) is 11.6 Å². The molecule has 182 valence electrons. The lowest BCUT2D eigenvalue weighted by Crippen LogP contribution is -2.23. The van der Waals surface area contributed by atoms with Crippen LogP contribution < -0.4 is 10.1 Å². The molecule has 7 nitrogen and oxygen atoms in total. The monoisotopic (exact) mass is 480 g/mol. The van der Waals surface area contributed by atoms with E-state index < -0.39 is 0 Å². The maximum Gasteiger partial charge on any atom is 0.256 e. The van der Waals surface area contributed by atoms with E-state index in [-0.39, 0.29) is 11.8 Å². The van der Waals surface area contributed by atoms with Gasteiger partial charge in [-0.2, -0.15) is 5.10 Å². The molecule has 0 spiro atoms. The lowest BCUT2D eigenvalue weighted by atomic mass is 10.1. The molecule has 2 amide bonds. The van der Waals surface area contributed by atoms with Crippen molar-refractivity contribution in [2.75, 3.05) is 19.0 Å². The van der Waals surface area contributed by atoms with E-state index in [1.165, 1.54) is 0 Å². The number of aromatic nitrogens is 2. The third-order valence-electron chi connectivity index (χ3n) is 6.37. The topological polar surface area (TPSA) is 76.5 Å². The molecule has 1 aromatic heterocycles. The number of nitrogens with one attached hydrogen (secondary N) is 1. The summed E-state index contributed by atoms with van der Waals surface area (Å²) in [5, 5.41) is 7.82. The fraction of sp³-hybridized carbons (Fsp3) is 0.207. The standard InChI is InChI=1S/C29H28N4O3/c1-20-9-15-23(16-10-20)33-27(18-25(31-33)24-6-3-4-7-26(24)36-2)30-29(35)22-13-11-21(12-14-22)19-32-17-5-8-28(32)34/h3-4,6-7,9-16,18H,5,8,17,19H2,1-2H3,(H,30,35). The highest BCUT2D eigenvalue weighted by atomic mass is 16.5. The summed E-state index contributed by atoms with van der Waals surface area (Å²) in [5.41, 5.74) is 5.03. The van der Waals surface area contributed by atoms with Crippen LogP contribution in [0.1, 0.15) is 34.3 Å². The summed E-state index contributed by atoms with van der Waals surface area (Å²) in [7, 11) is 1.63. The van der Waals surface area contributed by atoms with Crippen LogP contribution in [0, 0.1) is 6.92 Å². The molecular formula is C29H28N4O3. The van der Waals surface area contributed by atoms with Gasteiger partial charge in [-0.05, 0) is 55.3 Å². The highest BCUT2D eigenvalue weighted by Crippen LogP contribution is 2.32. The van der Waals surface area contributed by atoms with E-state index in [0.29, 0.717) is 35.8 Å². The van der Waals surface area contributed by atoms with Crippen molar-refractivity contribution in [3.8, 4) is 22.7 Å². The summed E-state index contributed by atoms with van der Waals surface area (Å²) < 4.78 is 7.25. The van der Waals surface area contributed by atoms with Crippen LogP contribution in [0.4, 0.5) is 5.82 Å². The number of hydrogen-bond acceptors (Lipinski definition) is 4. The summed E-state index contributed by atoms with van der Waals surface area (Å²) in [6.07, 6.45) is 1.52. The average molecular weight is 481 g/mol. The van der Waals surface area contributed by atoms with Crippen molar-refractivity contribution < 1.29 is 14.3 Å². The Kier molecular flexibility index (Phi) is 6.54. The fourth-order valence-corrected chi connectivity index (χ4v) is 4.38. The molecule has 0 bridgehead atoms. The van der Waals surface area contributed by atoms with E-state index >= 15 is 0 Å². The number of methoxy groups -OCH3 is 1. The van der Waals surface area contributed by atoms with Gasteiger partial charge in [-0.25, -0.2) is 4.68 Å². The number of likely N-dealkylation sites (tertiary alicyclic amines) is 1. The molecule has 1 aliphatic heterocycles. The van der Waals surface area contributed by atoms with E-state index in [9.17, 15) is 9.59 Å². The normalized spacial score (nSPS) is 13.2. The quantitative estimate of drug-likeness (QED) is 0.393. The lowest BCUT2D eigenvalue weighted by Gasteiger charge is -2.15. The molecule has 7 heteroatoms. The molecule has 3 aromatic carbocycles. The smallest absolute Gasteiger partial charge is 0.256 e. The Bertz CT molecular complexity index is 1390. The van der Waals surface area contributed by atoms with Crippen molar-refractivity contribution in [1.82, 2.24) is 14.7 Å². The van der Waals surface area contributed by atoms with Crippen LogP contribution in [-0.2, 0) is 11.3 Å². The minimum Gasteiger partial charge on any atom is -0.496 e. The predicted molar refractivity (Wildman–Crippen MR) is 139 cm³/mol. The van der Waals surface area contributed by atoms with Gasteiger partial charge in [0.05, 0.1) is 18.5 Å². The summed E-state index contributed by atoms with van der Waals surface area (Å²) in [4.78, 5) is 27.0. The van der Waals surface area contributed by atoms with Gasteiger partial charge in [-0.15, -0.1) is 0 Å². The summed E-state index contributed by atoms with van der Waals surface area (Å²) in [5.74, 6) is 1.21. The summed E-state index contributed by atoms with van der Waals surface area (Å²) in [6.45, 7) is 3.39. The number of para-hydroxylation sites is 1. The Labute approximate surface area is 210 Å². The lowest BCUT2D eigenvalue weighted by molar-refractivity contribution is -0.128. The minimum atomic E-state index is -0.237. The second-order valence-electron chi connectivity index (χ2n) is 8.93. The Morgan fingerprint density at radius 2 is 1.78 bits per heavy atom. The largest absolute Gasteiger partial charge is 0.496 e. The van der Waals surface area contributed by atoms with Gasteiger partial charge >= 0.3 is 0 Å². The molecule has 0 unspecified atom stereocenters. The first-order valence-electron chi connectivity index (χ1n) is 12.0. The molecule has 0 radical (unpaired) electrons. The van der Waals surface area contributed by atoms with Crippen LogP contribution in [0.2, 0.25) is 0 Å². The Morgan fingerprint density at radius 3 is 2.47 bits per heavy atom. The number of amides is 2. The number of anilines is 1. The first-order valence-corrected chi connectivity index (χ1v) is 12.0. The summed E-state index contributed by atoms with van der Waals surface area (Å²) in [6, 6.07) is 24.9. The Hall–Kier alpha value is -4.39. The molecule has 4 aromatic rings. The first-order chi connectivity index (χ1) is 17.5. The van der Waals surface area contributed by atoms with Crippen molar-refractivity contribution in [3.63, 3.8) is 0 Å². The Morgan fingerprint density at radius 1 is 1.03 bits per heavy atom. The molecular weight excluding hydrogens is 452 g/mol. The predicted octanol–water partition coefficient (Wildman–Crippen LogP) is 5.23. The fourth-order valence-electron chi connectivity index (χ4n) is 4.38. The van der Waals surface area contributed by atoms with Crippen LogP contribution >= 0.6 is 0 Å². The molecule has 0 atom stereocenters. The first kappa shape index (κ1) is 23.4. The second kappa shape index (κ2) is 10.1. The maximum atomic E-state index is 13.2. The number of carbonyl (C=O) groups excluding carboxylic acids is 2. The van der Waals surface area contributed by atoms with Crippen LogP contribution in [-0.4, -0.2) is 40.1 Å². The minimum absolute atomic E-state index is 0.187. The van der Waals surface area contributed by atoms with Gasteiger partial charge in [0, 0.05) is 36.7 Å². The van der Waals surface area contributed by atoms with Gasteiger partial charge in [-0.1, -0.05) is 42.0 Å². The van der Waals surface area contributed by atoms with E-state index in [1.807, 2.05) is 78.6 Å². The SMILES string of the molecule is COc1ccccc1-c1cc(NC(=O)c2ccc(CN3CCCC3=O)cc2)n(-c2ccc(C)cc2)n1. The molecule has 1 N–H and O–H groups in total. The van der Waals surface area contributed by atoms with Crippen LogP contribution in [0.15, 0.2) is 78.9 Å². The van der Waals surface area contributed by atoms with Crippen molar-refractivity contribution in [2.24, 2.45) is 0 Å². The zero-order valence-corrected chi connectivity index (χ0v) is 20.4. The number of hydrogen-bond donors (Lipinski definition) is 1. The Balaban J connectivity index is 1.42. The van der Waals surface area contributed by atoms with Crippen molar-refractivity contribution in [1.29, 1.82) is 0 Å². The van der Waals surface area contributed by atoms with Crippen molar-refractivity contribution in [2.45, 2.75) is 26.3 Å². The van der Waals surface area contributed by atoms with Gasteiger partial charge in [0.2, 0.25) is 5.91 Å². The average Bonchev–Trinajstić information content (AvgIpc) is 3.50. The zero-order chi connectivity index (χ0) is 25.1. The second-order valence-corrected chi connectivity index (χ2v) is 8.93. The van der Waals surface area contributed by atoms with Crippen LogP contribution in [0.5, 0.6) is 5.75 Å². The van der Waals surface area contributed by atoms with E-state index in [4.69, 9.17) is 9.84 Å². The number of nitrogens with zero attached hydrogens (tertiary/aromatic N) is 3. The van der Waals surface area contributed by atoms with Crippen LogP contribution in [0.3, 0.4) is 0 Å². The summed E-state index contributed by atoms with van der Waals surface area (Å²) >= 11 is 0. The number of rotatable bonds is 7. The molecule has 0 saturated carbocycles. The maximum absolute atomic E-state index is 13.2. The highest BCUT2D eigenvalue weighted by molar-refractivity contribution is 6.04. The number of aryl methyl sites for hydroxylation is 1. The molecule has 1 saturated heterocycles. The molecule has 0 aliphatic carbocycles. The number of ether oxygens (including phenoxy) is 1. The van der Waals surface area contributed by atoms with Gasteiger partial charge in [-0.3, -0.25) is 9.59 Å². The number of benzene rings is 3. The van der Waals surface area contributed by atoms with E-state index in [2.05, 4.69) is 5.32 Å². The molecule has 36 heavy (non-hydrogen) atoms. The van der Waals surface area contributed by atoms with E-state index in [0.717, 1.165) is 35.3 Å². The number of carbonyl (C=O) groups is 2. The van der Waals surface area contributed by atoms with Crippen molar-refractivity contribution in [3.05, 3.63) is 95.6 Å². The molecule has 1 fully saturated rings. The molecule has 1 aliphatic rings. The van der Waals surface area contributed by atoms with Crippen molar-refractivity contribution >= 4 is 17.6 Å². The molecule has 2 heterocycles. The van der Waals surface area contributed by atoms with Gasteiger partial charge in [0.25, 0.3) is 5.91 Å². The highest BCUT2D eigenvalue weighted by Gasteiger charge is 2.20. The third kappa shape index (κ3) is 4.86. The van der Waals surface area contributed by atoms with Crippen LogP contribution in [0.25, 0.3) is 16.9 Å². The zero-order valence-electron chi connectivity index (χ0n) is 20.4. The van der Waals surface area contributed by atoms with E-state index in [1.54, 1.807) is 23.9 Å².